The Hall–Kier alpha value is 0.220. The first kappa shape index (κ1) is 12.2. The zero-order chi connectivity index (χ0) is 9.23. The minimum Gasteiger partial charge on any atom is -0.0877 e. The predicted octanol–water partition coefficient (Wildman–Crippen LogP) is 4.69. The summed E-state index contributed by atoms with van der Waals surface area (Å²) in [5.74, 6) is 0. The summed E-state index contributed by atoms with van der Waals surface area (Å²) in [6.07, 6.45) is 12.4. The molecule has 1 heteroatoms. The molecule has 0 rings (SSSR count). The van der Waals surface area contributed by atoms with E-state index in [0.29, 0.717) is 4.83 Å². The monoisotopic (exact) mass is 232 g/mol. The molecule has 0 aromatic heterocycles. The van der Waals surface area contributed by atoms with Gasteiger partial charge in [-0.25, -0.2) is 0 Å². The molecule has 0 radical (unpaired) electrons. The van der Waals surface area contributed by atoms with Crippen molar-refractivity contribution in [3.63, 3.8) is 0 Å². The van der Waals surface area contributed by atoms with Crippen LogP contribution in [0.4, 0.5) is 0 Å². The number of alkyl halides is 1. The molecule has 0 aliphatic carbocycles. The molecule has 0 aromatic rings. The molecule has 12 heavy (non-hydrogen) atoms. The fourth-order valence-electron chi connectivity index (χ4n) is 1.15. The van der Waals surface area contributed by atoms with Crippen LogP contribution in [0.2, 0.25) is 0 Å². The molecule has 0 aromatic carbocycles. The molecule has 0 nitrogen and oxygen atoms in total. The Balaban J connectivity index is 3.19. The normalized spacial score (nSPS) is 13.9. The zero-order valence-corrected chi connectivity index (χ0v) is 9.94. The van der Waals surface area contributed by atoms with Crippen molar-refractivity contribution >= 4 is 15.9 Å². The molecule has 0 aliphatic rings. The maximum atomic E-state index is 3.64. The van der Waals surface area contributed by atoms with Gasteiger partial charge < -0.3 is 0 Å². The molecule has 0 fully saturated rings. The van der Waals surface area contributed by atoms with E-state index in [-0.39, 0.29) is 0 Å². The summed E-state index contributed by atoms with van der Waals surface area (Å²) in [4.78, 5) is 0.606. The maximum Gasteiger partial charge on any atom is 0.0325 e. The van der Waals surface area contributed by atoms with E-state index in [1.54, 1.807) is 0 Å². The standard InChI is InChI=1S/C11H21Br/c1-3-5-7-8-10-11(12)9-6-4-2/h6,9,11H,3-5,7-8,10H2,1-2H3. The van der Waals surface area contributed by atoms with Gasteiger partial charge in [0.15, 0.2) is 0 Å². The third-order valence-corrected chi connectivity index (χ3v) is 2.68. The first-order valence-electron chi connectivity index (χ1n) is 5.12. The Morgan fingerprint density at radius 2 is 1.92 bits per heavy atom. The summed E-state index contributed by atoms with van der Waals surface area (Å²) in [6.45, 7) is 4.43. The van der Waals surface area contributed by atoms with Gasteiger partial charge in [0.05, 0.1) is 0 Å². The highest BCUT2D eigenvalue weighted by molar-refractivity contribution is 9.09. The van der Waals surface area contributed by atoms with E-state index < -0.39 is 0 Å². The van der Waals surface area contributed by atoms with Crippen LogP contribution >= 0.6 is 15.9 Å². The third-order valence-electron chi connectivity index (χ3n) is 1.91. The number of unbranched alkanes of at least 4 members (excludes halogenated alkanes) is 3. The van der Waals surface area contributed by atoms with Gasteiger partial charge >= 0.3 is 0 Å². The molecule has 0 heterocycles. The lowest BCUT2D eigenvalue weighted by Crippen LogP contribution is -1.91. The number of hydrogen-bond donors (Lipinski definition) is 0. The molecule has 0 bridgehead atoms. The van der Waals surface area contributed by atoms with Crippen LogP contribution in [0.5, 0.6) is 0 Å². The van der Waals surface area contributed by atoms with Crippen LogP contribution in [0.3, 0.4) is 0 Å². The summed E-state index contributed by atoms with van der Waals surface area (Å²) in [5.41, 5.74) is 0. The number of hydrogen-bond acceptors (Lipinski definition) is 0. The quantitative estimate of drug-likeness (QED) is 0.340. The van der Waals surface area contributed by atoms with Crippen LogP contribution in [0.15, 0.2) is 12.2 Å². The predicted molar refractivity (Wildman–Crippen MR) is 60.9 cm³/mol. The second kappa shape index (κ2) is 9.31. The van der Waals surface area contributed by atoms with E-state index in [9.17, 15) is 0 Å². The molecule has 0 spiro atoms. The molecular weight excluding hydrogens is 212 g/mol. The van der Waals surface area contributed by atoms with E-state index in [0.717, 1.165) is 6.42 Å². The van der Waals surface area contributed by atoms with Crippen molar-refractivity contribution in [3.8, 4) is 0 Å². The van der Waals surface area contributed by atoms with Crippen LogP contribution in [0.25, 0.3) is 0 Å². The van der Waals surface area contributed by atoms with Crippen LogP contribution in [0.1, 0.15) is 52.4 Å². The fraction of sp³-hybridized carbons (Fsp3) is 0.818. The second-order valence-electron chi connectivity index (χ2n) is 3.20. The van der Waals surface area contributed by atoms with Crippen molar-refractivity contribution in [2.45, 2.75) is 57.2 Å². The third kappa shape index (κ3) is 8.32. The lowest BCUT2D eigenvalue weighted by Gasteiger charge is -2.03. The molecule has 72 valence electrons. The summed E-state index contributed by atoms with van der Waals surface area (Å²) < 4.78 is 0. The van der Waals surface area contributed by atoms with Crippen molar-refractivity contribution in [2.75, 3.05) is 0 Å². The highest BCUT2D eigenvalue weighted by Gasteiger charge is 1.97. The van der Waals surface area contributed by atoms with Gasteiger partial charge in [0.2, 0.25) is 0 Å². The molecule has 1 atom stereocenters. The highest BCUT2D eigenvalue weighted by atomic mass is 79.9. The van der Waals surface area contributed by atoms with Gasteiger partial charge in [0, 0.05) is 4.83 Å². The number of allylic oxidation sites excluding steroid dienone is 2. The van der Waals surface area contributed by atoms with Gasteiger partial charge in [0.1, 0.15) is 0 Å². The van der Waals surface area contributed by atoms with E-state index >= 15 is 0 Å². The SMILES string of the molecule is CCC=CC(Br)CCCCCC. The zero-order valence-electron chi connectivity index (χ0n) is 8.35. The summed E-state index contributed by atoms with van der Waals surface area (Å²) in [6, 6.07) is 0. The molecule has 0 amide bonds. The summed E-state index contributed by atoms with van der Waals surface area (Å²) in [5, 5.41) is 0. The smallest absolute Gasteiger partial charge is 0.0325 e. The molecule has 0 aliphatic heterocycles. The molecule has 1 unspecified atom stereocenters. The Morgan fingerprint density at radius 1 is 1.17 bits per heavy atom. The molecule has 0 saturated carbocycles. The lowest BCUT2D eigenvalue weighted by molar-refractivity contribution is 0.644. The minimum atomic E-state index is 0.606. The van der Waals surface area contributed by atoms with Crippen molar-refractivity contribution in [2.24, 2.45) is 0 Å². The Kier molecular flexibility index (Phi) is 9.48. The average molecular weight is 233 g/mol. The summed E-state index contributed by atoms with van der Waals surface area (Å²) in [7, 11) is 0. The van der Waals surface area contributed by atoms with E-state index in [2.05, 4.69) is 41.9 Å². The number of rotatable bonds is 7. The van der Waals surface area contributed by atoms with Crippen molar-refractivity contribution in [1.82, 2.24) is 0 Å². The molecule has 0 saturated heterocycles. The van der Waals surface area contributed by atoms with Crippen LogP contribution < -0.4 is 0 Å². The van der Waals surface area contributed by atoms with Gasteiger partial charge in [-0.15, -0.1) is 0 Å². The maximum absolute atomic E-state index is 3.64. The average Bonchev–Trinajstić information content (AvgIpc) is 2.09. The van der Waals surface area contributed by atoms with E-state index in [1.807, 2.05) is 0 Å². The van der Waals surface area contributed by atoms with E-state index in [4.69, 9.17) is 0 Å². The molecular formula is C11H21Br. The van der Waals surface area contributed by atoms with Crippen LogP contribution in [-0.2, 0) is 0 Å². The largest absolute Gasteiger partial charge is 0.0877 e. The number of halogens is 1. The first-order valence-corrected chi connectivity index (χ1v) is 6.03. The Bertz CT molecular complexity index is 108. The minimum absolute atomic E-state index is 0.606. The van der Waals surface area contributed by atoms with E-state index in [1.165, 1.54) is 32.1 Å². The van der Waals surface area contributed by atoms with Crippen molar-refractivity contribution in [3.05, 3.63) is 12.2 Å². The Labute approximate surface area is 85.6 Å². The van der Waals surface area contributed by atoms with Crippen LogP contribution in [0, 0.1) is 0 Å². The van der Waals surface area contributed by atoms with Crippen molar-refractivity contribution < 1.29 is 0 Å². The van der Waals surface area contributed by atoms with Gasteiger partial charge in [-0.05, 0) is 12.8 Å². The second-order valence-corrected chi connectivity index (χ2v) is 4.38. The van der Waals surface area contributed by atoms with Crippen molar-refractivity contribution in [1.29, 1.82) is 0 Å². The summed E-state index contributed by atoms with van der Waals surface area (Å²) >= 11 is 3.64. The Morgan fingerprint density at radius 3 is 2.50 bits per heavy atom. The van der Waals surface area contributed by atoms with Crippen LogP contribution in [-0.4, -0.2) is 4.83 Å². The fourth-order valence-corrected chi connectivity index (χ4v) is 1.69. The van der Waals surface area contributed by atoms with Gasteiger partial charge in [-0.1, -0.05) is 67.6 Å². The topological polar surface area (TPSA) is 0 Å². The van der Waals surface area contributed by atoms with Gasteiger partial charge in [-0.3, -0.25) is 0 Å². The van der Waals surface area contributed by atoms with Gasteiger partial charge in [-0.2, -0.15) is 0 Å². The first-order chi connectivity index (χ1) is 5.81. The van der Waals surface area contributed by atoms with Gasteiger partial charge in [0.25, 0.3) is 0 Å². The lowest BCUT2D eigenvalue weighted by atomic mass is 10.1. The molecule has 0 N–H and O–H groups in total. The highest BCUT2D eigenvalue weighted by Crippen LogP contribution is 2.13.